The van der Waals surface area contributed by atoms with Crippen molar-refractivity contribution in [2.75, 3.05) is 27.2 Å². The molecule has 4 heterocycles. The summed E-state index contributed by atoms with van der Waals surface area (Å²) < 4.78 is 7.74. The molecule has 2 fully saturated rings. The highest BCUT2D eigenvalue weighted by Crippen LogP contribution is 2.42. The fourth-order valence-corrected chi connectivity index (χ4v) is 4.65. The van der Waals surface area contributed by atoms with Crippen LogP contribution < -0.4 is 0 Å². The molecular formula is C25H26N6O2. The summed E-state index contributed by atoms with van der Waals surface area (Å²) in [4.78, 5) is 26.8. The summed E-state index contributed by atoms with van der Waals surface area (Å²) in [5.41, 5.74) is 3.11. The van der Waals surface area contributed by atoms with Crippen LogP contribution in [0.2, 0.25) is 0 Å². The monoisotopic (exact) mass is 442 g/mol. The average Bonchev–Trinajstić information content (AvgIpc) is 3.25. The molecule has 4 aromatic rings. The van der Waals surface area contributed by atoms with Crippen LogP contribution in [-0.4, -0.2) is 68.7 Å². The zero-order chi connectivity index (χ0) is 22.5. The minimum absolute atomic E-state index is 0.0564. The minimum atomic E-state index is 0.0564. The number of fused-ring (bicyclic) bond motifs is 1. The van der Waals surface area contributed by atoms with Gasteiger partial charge in [0.2, 0.25) is 0 Å². The van der Waals surface area contributed by atoms with Crippen LogP contribution in [0.4, 0.5) is 0 Å². The number of furan rings is 1. The number of likely N-dealkylation sites (N-methyl/N-ethyl adjacent to an activating group) is 1. The predicted molar refractivity (Wildman–Crippen MR) is 124 cm³/mol. The van der Waals surface area contributed by atoms with Crippen LogP contribution in [0, 0.1) is 0 Å². The third-order valence-corrected chi connectivity index (χ3v) is 6.69. The highest BCUT2D eigenvalue weighted by Gasteiger charge is 2.36. The van der Waals surface area contributed by atoms with Gasteiger partial charge < -0.3 is 14.2 Å². The number of likely N-dealkylation sites (tertiary alicyclic amines) is 1. The molecule has 0 N–H and O–H groups in total. The second-order valence-corrected chi connectivity index (χ2v) is 9.18. The molecule has 1 amide bonds. The number of nitrogens with zero attached hydrogens (tertiary/aromatic N) is 6. The molecule has 1 unspecified atom stereocenters. The molecule has 6 rings (SSSR count). The second-order valence-electron chi connectivity index (χ2n) is 9.18. The maximum Gasteiger partial charge on any atom is 0.257 e. The highest BCUT2D eigenvalue weighted by atomic mass is 16.3. The molecule has 1 atom stereocenters. The SMILES string of the molecule is CN(C)C1CCN(C(=O)c2cnn(-c3nccc(-c4cc5ccccc5o4)n3)c2C2CC2)C1. The van der Waals surface area contributed by atoms with Gasteiger partial charge in [0.05, 0.1) is 17.5 Å². The molecule has 1 saturated carbocycles. The Morgan fingerprint density at radius 1 is 1.15 bits per heavy atom. The van der Waals surface area contributed by atoms with Crippen LogP contribution in [0.25, 0.3) is 28.4 Å². The van der Waals surface area contributed by atoms with E-state index in [-0.39, 0.29) is 5.91 Å². The first-order valence-corrected chi connectivity index (χ1v) is 11.4. The lowest BCUT2D eigenvalue weighted by Gasteiger charge is -2.20. The fourth-order valence-electron chi connectivity index (χ4n) is 4.65. The zero-order valence-electron chi connectivity index (χ0n) is 18.8. The van der Waals surface area contributed by atoms with Crippen molar-refractivity contribution >= 4 is 16.9 Å². The summed E-state index contributed by atoms with van der Waals surface area (Å²) in [5.74, 6) is 1.52. The first kappa shape index (κ1) is 20.1. The van der Waals surface area contributed by atoms with Crippen molar-refractivity contribution in [1.82, 2.24) is 29.5 Å². The van der Waals surface area contributed by atoms with E-state index in [1.54, 1.807) is 17.1 Å². The van der Waals surface area contributed by atoms with E-state index in [2.05, 4.69) is 29.1 Å². The van der Waals surface area contributed by atoms with Gasteiger partial charge in [-0.2, -0.15) is 5.10 Å². The number of para-hydroxylation sites is 1. The van der Waals surface area contributed by atoms with Crippen molar-refractivity contribution in [3.63, 3.8) is 0 Å². The van der Waals surface area contributed by atoms with Crippen molar-refractivity contribution < 1.29 is 9.21 Å². The molecule has 0 spiro atoms. The third-order valence-electron chi connectivity index (χ3n) is 6.69. The molecule has 1 aliphatic carbocycles. The number of carbonyl (C=O) groups is 1. The summed E-state index contributed by atoms with van der Waals surface area (Å²) in [6.45, 7) is 1.52. The normalized spacial score (nSPS) is 18.5. The van der Waals surface area contributed by atoms with Gasteiger partial charge in [0, 0.05) is 36.6 Å². The van der Waals surface area contributed by atoms with Crippen LogP contribution in [-0.2, 0) is 0 Å². The Kier molecular flexibility index (Phi) is 4.76. The number of benzene rings is 1. The number of hydrogen-bond donors (Lipinski definition) is 0. The Hall–Kier alpha value is -3.52. The van der Waals surface area contributed by atoms with Crippen LogP contribution in [0.5, 0.6) is 0 Å². The van der Waals surface area contributed by atoms with E-state index < -0.39 is 0 Å². The van der Waals surface area contributed by atoms with E-state index in [4.69, 9.17) is 9.40 Å². The largest absolute Gasteiger partial charge is 0.454 e. The van der Waals surface area contributed by atoms with Crippen molar-refractivity contribution in [2.24, 2.45) is 0 Å². The van der Waals surface area contributed by atoms with Crippen molar-refractivity contribution in [3.05, 3.63) is 60.0 Å². The molecule has 1 saturated heterocycles. The second kappa shape index (κ2) is 7.81. The average molecular weight is 443 g/mol. The molecule has 3 aromatic heterocycles. The van der Waals surface area contributed by atoms with Gasteiger partial charge in [0.15, 0.2) is 5.76 Å². The van der Waals surface area contributed by atoms with Crippen molar-refractivity contribution in [3.8, 4) is 17.4 Å². The zero-order valence-corrected chi connectivity index (χ0v) is 18.8. The number of carbonyl (C=O) groups excluding carboxylic acids is 1. The number of rotatable bonds is 5. The molecule has 1 aromatic carbocycles. The van der Waals surface area contributed by atoms with E-state index in [1.165, 1.54) is 0 Å². The van der Waals surface area contributed by atoms with E-state index in [0.717, 1.165) is 49.0 Å². The summed E-state index contributed by atoms with van der Waals surface area (Å²) in [6, 6.07) is 12.1. The maximum atomic E-state index is 13.4. The quantitative estimate of drug-likeness (QED) is 0.469. The number of hydrogen-bond acceptors (Lipinski definition) is 6. The van der Waals surface area contributed by atoms with Crippen LogP contribution in [0.3, 0.4) is 0 Å². The fraction of sp³-hybridized carbons (Fsp3) is 0.360. The number of amides is 1. The first-order valence-electron chi connectivity index (χ1n) is 11.4. The van der Waals surface area contributed by atoms with Crippen LogP contribution in [0.1, 0.15) is 41.2 Å². The van der Waals surface area contributed by atoms with Gasteiger partial charge in [-0.25, -0.2) is 14.6 Å². The molecular weight excluding hydrogens is 416 g/mol. The Morgan fingerprint density at radius 3 is 2.76 bits per heavy atom. The van der Waals surface area contributed by atoms with E-state index in [0.29, 0.717) is 34.9 Å². The Morgan fingerprint density at radius 2 is 2.00 bits per heavy atom. The number of aromatic nitrogens is 4. The standard InChI is InChI=1S/C25H26N6O2/c1-29(2)18-10-12-30(15-18)24(32)19-14-27-31(23(19)16-7-8-16)25-26-11-9-20(28-25)22-13-17-5-3-4-6-21(17)33-22/h3-6,9,11,13-14,16,18H,7-8,10,12,15H2,1-2H3. The van der Waals surface area contributed by atoms with Crippen molar-refractivity contribution in [1.29, 1.82) is 0 Å². The molecule has 168 valence electrons. The first-order chi connectivity index (χ1) is 16.1. The van der Waals surface area contributed by atoms with Crippen LogP contribution in [0.15, 0.2) is 53.2 Å². The summed E-state index contributed by atoms with van der Waals surface area (Å²) >= 11 is 0. The van der Waals surface area contributed by atoms with Gasteiger partial charge in [-0.15, -0.1) is 0 Å². The molecule has 33 heavy (non-hydrogen) atoms. The molecule has 0 radical (unpaired) electrons. The minimum Gasteiger partial charge on any atom is -0.454 e. The smallest absolute Gasteiger partial charge is 0.257 e. The topological polar surface area (TPSA) is 80.3 Å². The molecule has 0 bridgehead atoms. The summed E-state index contributed by atoms with van der Waals surface area (Å²) in [6.07, 6.45) is 6.50. The third kappa shape index (κ3) is 3.60. The Bertz CT molecular complexity index is 1300. The van der Waals surface area contributed by atoms with E-state index >= 15 is 0 Å². The molecule has 8 heteroatoms. The molecule has 8 nitrogen and oxygen atoms in total. The van der Waals surface area contributed by atoms with E-state index in [1.807, 2.05) is 41.3 Å². The molecule has 2 aliphatic rings. The van der Waals surface area contributed by atoms with Crippen LogP contribution >= 0.6 is 0 Å². The highest BCUT2D eigenvalue weighted by molar-refractivity contribution is 5.95. The predicted octanol–water partition coefficient (Wildman–Crippen LogP) is 3.73. The van der Waals surface area contributed by atoms with Gasteiger partial charge in [-0.1, -0.05) is 18.2 Å². The molecule has 1 aliphatic heterocycles. The lowest BCUT2D eigenvalue weighted by Crippen LogP contribution is -2.34. The van der Waals surface area contributed by atoms with Gasteiger partial charge in [0.25, 0.3) is 11.9 Å². The lowest BCUT2D eigenvalue weighted by atomic mass is 10.1. The summed E-state index contributed by atoms with van der Waals surface area (Å²) in [5, 5.41) is 5.60. The van der Waals surface area contributed by atoms with Crippen molar-refractivity contribution in [2.45, 2.75) is 31.2 Å². The van der Waals surface area contributed by atoms with E-state index in [9.17, 15) is 4.79 Å². The van der Waals surface area contributed by atoms with Gasteiger partial charge in [-0.3, -0.25) is 4.79 Å². The van der Waals surface area contributed by atoms with Gasteiger partial charge >= 0.3 is 0 Å². The maximum absolute atomic E-state index is 13.4. The van der Waals surface area contributed by atoms with Gasteiger partial charge in [0.1, 0.15) is 11.3 Å². The summed E-state index contributed by atoms with van der Waals surface area (Å²) in [7, 11) is 4.14. The Labute approximate surface area is 191 Å². The van der Waals surface area contributed by atoms with Gasteiger partial charge in [-0.05, 0) is 51.6 Å². The Balaban J connectivity index is 1.35. The lowest BCUT2D eigenvalue weighted by molar-refractivity contribution is 0.0782.